The minimum atomic E-state index is -0.169. The number of hydrogen-bond acceptors (Lipinski definition) is 2. The molecule has 3 nitrogen and oxygen atoms in total. The molecule has 19 heavy (non-hydrogen) atoms. The van der Waals surface area contributed by atoms with Gasteiger partial charge in [0.25, 0.3) is 0 Å². The molecule has 0 aliphatic carbocycles. The molecular formula is C14H18Cl2N2O. The van der Waals surface area contributed by atoms with Gasteiger partial charge >= 0.3 is 0 Å². The van der Waals surface area contributed by atoms with E-state index < -0.39 is 0 Å². The lowest BCUT2D eigenvalue weighted by molar-refractivity contribution is 0.0642. The van der Waals surface area contributed by atoms with E-state index in [1.54, 1.807) is 0 Å². The van der Waals surface area contributed by atoms with Gasteiger partial charge in [-0.3, -0.25) is 0 Å². The number of fused-ring (bicyclic) bond motifs is 1. The molecule has 0 fully saturated rings. The maximum atomic E-state index is 6.23. The molecular weight excluding hydrogens is 283 g/mol. The molecule has 0 saturated carbocycles. The molecule has 1 aromatic heterocycles. The zero-order valence-corrected chi connectivity index (χ0v) is 12.9. The summed E-state index contributed by atoms with van der Waals surface area (Å²) in [6.45, 7) is 7.36. The van der Waals surface area contributed by atoms with Crippen LogP contribution in [0, 0.1) is 0 Å². The Hall–Kier alpha value is -0.770. The molecule has 0 spiro atoms. The summed E-state index contributed by atoms with van der Waals surface area (Å²) in [4.78, 5) is 4.57. The highest BCUT2D eigenvalue weighted by Crippen LogP contribution is 2.29. The van der Waals surface area contributed by atoms with Crippen LogP contribution in [0.3, 0.4) is 0 Å². The number of nitrogens with zero attached hydrogens (tertiary/aromatic N) is 2. The third kappa shape index (κ3) is 3.04. The van der Waals surface area contributed by atoms with E-state index in [1.807, 2.05) is 39.0 Å². The zero-order valence-electron chi connectivity index (χ0n) is 11.4. The van der Waals surface area contributed by atoms with Crippen molar-refractivity contribution in [1.29, 1.82) is 0 Å². The van der Waals surface area contributed by atoms with Crippen molar-refractivity contribution in [2.45, 2.75) is 38.8 Å². The van der Waals surface area contributed by atoms with E-state index >= 15 is 0 Å². The molecule has 1 heterocycles. The van der Waals surface area contributed by atoms with Gasteiger partial charge < -0.3 is 9.30 Å². The van der Waals surface area contributed by atoms with Gasteiger partial charge in [0.15, 0.2) is 0 Å². The number of alkyl halides is 1. The first-order chi connectivity index (χ1) is 9.04. The van der Waals surface area contributed by atoms with Gasteiger partial charge in [-0.1, -0.05) is 17.7 Å². The first kappa shape index (κ1) is 14.6. The monoisotopic (exact) mass is 300 g/mol. The lowest BCUT2D eigenvalue weighted by Crippen LogP contribution is -2.18. The summed E-state index contributed by atoms with van der Waals surface area (Å²) in [5.74, 6) is 0.830. The van der Waals surface area contributed by atoms with Crippen LogP contribution in [-0.2, 0) is 11.3 Å². The second-order valence-electron chi connectivity index (χ2n) is 4.57. The number of benzene rings is 1. The summed E-state index contributed by atoms with van der Waals surface area (Å²) >= 11 is 12.4. The fraction of sp³-hybridized carbons (Fsp3) is 0.500. The topological polar surface area (TPSA) is 27.1 Å². The van der Waals surface area contributed by atoms with Crippen molar-refractivity contribution in [3.8, 4) is 0 Å². The van der Waals surface area contributed by atoms with E-state index in [1.165, 1.54) is 0 Å². The average molecular weight is 301 g/mol. The van der Waals surface area contributed by atoms with Crippen molar-refractivity contribution in [3.05, 3.63) is 29.0 Å². The number of halogens is 2. The van der Waals surface area contributed by atoms with E-state index in [0.717, 1.165) is 23.4 Å². The van der Waals surface area contributed by atoms with Gasteiger partial charge in [0.05, 0.1) is 28.6 Å². The minimum absolute atomic E-state index is 0.107. The van der Waals surface area contributed by atoms with Crippen LogP contribution in [0.5, 0.6) is 0 Å². The number of aromatic nitrogens is 2. The number of ether oxygens (including phenoxy) is 1. The SMILES string of the molecule is CCOC(C)Cn1c(C(C)Cl)nc2c(Cl)cccc21. The summed E-state index contributed by atoms with van der Waals surface area (Å²) in [6.07, 6.45) is 0.107. The Morgan fingerprint density at radius 2 is 2.11 bits per heavy atom. The van der Waals surface area contributed by atoms with Crippen LogP contribution in [0.2, 0.25) is 5.02 Å². The van der Waals surface area contributed by atoms with Crippen molar-refractivity contribution in [3.63, 3.8) is 0 Å². The van der Waals surface area contributed by atoms with Crippen LogP contribution in [0.4, 0.5) is 0 Å². The van der Waals surface area contributed by atoms with E-state index in [2.05, 4.69) is 9.55 Å². The fourth-order valence-corrected chi connectivity index (χ4v) is 2.60. The Labute approximate surface area is 123 Å². The zero-order chi connectivity index (χ0) is 14.0. The Balaban J connectivity index is 2.49. The summed E-state index contributed by atoms with van der Waals surface area (Å²) in [7, 11) is 0. The van der Waals surface area contributed by atoms with Gasteiger partial charge in [-0.2, -0.15) is 0 Å². The summed E-state index contributed by atoms with van der Waals surface area (Å²) in [5.41, 5.74) is 1.80. The predicted octanol–water partition coefficient (Wildman–Crippen LogP) is 4.41. The number of rotatable bonds is 5. The quantitative estimate of drug-likeness (QED) is 0.765. The summed E-state index contributed by atoms with van der Waals surface area (Å²) < 4.78 is 7.70. The van der Waals surface area contributed by atoms with Gasteiger partial charge in [-0.15, -0.1) is 11.6 Å². The maximum Gasteiger partial charge on any atom is 0.127 e. The molecule has 2 aromatic rings. The number of imidazole rings is 1. The van der Waals surface area contributed by atoms with Crippen LogP contribution < -0.4 is 0 Å². The summed E-state index contributed by atoms with van der Waals surface area (Å²) in [5, 5.41) is 0.483. The second kappa shape index (κ2) is 6.12. The first-order valence-corrected chi connectivity index (χ1v) is 7.26. The highest BCUT2D eigenvalue weighted by molar-refractivity contribution is 6.35. The van der Waals surface area contributed by atoms with Crippen molar-refractivity contribution >= 4 is 34.2 Å². The Morgan fingerprint density at radius 1 is 1.37 bits per heavy atom. The Bertz CT molecular complexity index is 566. The van der Waals surface area contributed by atoms with Crippen molar-refractivity contribution in [2.24, 2.45) is 0 Å². The van der Waals surface area contributed by atoms with Crippen LogP contribution in [0.1, 0.15) is 32.0 Å². The van der Waals surface area contributed by atoms with Crippen molar-refractivity contribution in [2.75, 3.05) is 6.61 Å². The number of hydrogen-bond donors (Lipinski definition) is 0. The number of para-hydroxylation sites is 1. The Kier molecular flexibility index (Phi) is 4.71. The van der Waals surface area contributed by atoms with Crippen LogP contribution >= 0.6 is 23.2 Å². The predicted molar refractivity (Wildman–Crippen MR) is 80.1 cm³/mol. The molecule has 1 aromatic carbocycles. The largest absolute Gasteiger partial charge is 0.377 e. The lowest BCUT2D eigenvalue weighted by atomic mass is 10.3. The molecule has 0 aliphatic heterocycles. The third-order valence-corrected chi connectivity index (χ3v) is 3.51. The molecule has 0 saturated heterocycles. The van der Waals surface area contributed by atoms with Crippen LogP contribution in [-0.4, -0.2) is 22.3 Å². The van der Waals surface area contributed by atoms with Gasteiger partial charge in [0.1, 0.15) is 11.3 Å². The maximum absolute atomic E-state index is 6.23. The van der Waals surface area contributed by atoms with Gasteiger partial charge in [0, 0.05) is 6.61 Å². The molecule has 0 N–H and O–H groups in total. The lowest BCUT2D eigenvalue weighted by Gasteiger charge is -2.16. The smallest absolute Gasteiger partial charge is 0.127 e. The van der Waals surface area contributed by atoms with Gasteiger partial charge in [-0.05, 0) is 32.9 Å². The van der Waals surface area contributed by atoms with E-state index in [4.69, 9.17) is 27.9 Å². The van der Waals surface area contributed by atoms with Crippen LogP contribution in [0.15, 0.2) is 18.2 Å². The van der Waals surface area contributed by atoms with Gasteiger partial charge in [-0.25, -0.2) is 4.98 Å². The summed E-state index contributed by atoms with van der Waals surface area (Å²) in [6, 6.07) is 5.78. The minimum Gasteiger partial charge on any atom is -0.377 e. The molecule has 0 bridgehead atoms. The molecule has 0 radical (unpaired) electrons. The average Bonchev–Trinajstić information content (AvgIpc) is 2.70. The molecule has 0 amide bonds. The standard InChI is InChI=1S/C14H18Cl2N2O/c1-4-19-9(2)8-18-12-7-5-6-11(16)13(12)17-14(18)10(3)15/h5-7,9-10H,4,8H2,1-3H3. The molecule has 5 heteroatoms. The van der Waals surface area contributed by atoms with Crippen molar-refractivity contribution in [1.82, 2.24) is 9.55 Å². The van der Waals surface area contributed by atoms with Gasteiger partial charge in [0.2, 0.25) is 0 Å². The Morgan fingerprint density at radius 3 is 2.74 bits per heavy atom. The molecule has 0 aliphatic rings. The van der Waals surface area contributed by atoms with E-state index in [-0.39, 0.29) is 11.5 Å². The second-order valence-corrected chi connectivity index (χ2v) is 5.63. The first-order valence-electron chi connectivity index (χ1n) is 6.44. The van der Waals surface area contributed by atoms with Crippen molar-refractivity contribution < 1.29 is 4.74 Å². The highest BCUT2D eigenvalue weighted by atomic mass is 35.5. The van der Waals surface area contributed by atoms with E-state index in [9.17, 15) is 0 Å². The molecule has 2 unspecified atom stereocenters. The fourth-order valence-electron chi connectivity index (χ4n) is 2.22. The van der Waals surface area contributed by atoms with E-state index in [0.29, 0.717) is 11.6 Å². The highest BCUT2D eigenvalue weighted by Gasteiger charge is 2.18. The molecule has 2 rings (SSSR count). The van der Waals surface area contributed by atoms with Crippen LogP contribution in [0.25, 0.3) is 11.0 Å². The normalized spacial score (nSPS) is 14.8. The third-order valence-electron chi connectivity index (χ3n) is 3.01. The molecule has 104 valence electrons. The molecule has 2 atom stereocenters.